The molecule has 1 rings (SSSR count). The van der Waals surface area contributed by atoms with Gasteiger partial charge in [-0.15, -0.1) is 0 Å². The monoisotopic (exact) mass is 271 g/mol. The Morgan fingerprint density at radius 1 is 1.58 bits per heavy atom. The number of rotatable bonds is 8. The maximum absolute atomic E-state index is 11.1. The fourth-order valence-electron chi connectivity index (χ4n) is 2.19. The van der Waals surface area contributed by atoms with Crippen molar-refractivity contribution in [2.45, 2.75) is 63.9 Å². The fourth-order valence-corrected chi connectivity index (χ4v) is 2.19. The Morgan fingerprint density at radius 2 is 2.26 bits per heavy atom. The number of aliphatic hydroxyl groups excluding tert-OH is 1. The molecule has 0 aromatic rings. The normalized spacial score (nSPS) is 21.9. The summed E-state index contributed by atoms with van der Waals surface area (Å²) in [7, 11) is 0. The lowest BCUT2D eigenvalue weighted by Crippen LogP contribution is -2.41. The number of carbonyl (C=O) groups excluding carboxylic acids is 1. The predicted octanol–water partition coefficient (Wildman–Crippen LogP) is 1.94. The third-order valence-corrected chi connectivity index (χ3v) is 3.32. The number of cyclic esters (lactones) is 1. The highest BCUT2D eigenvalue weighted by atomic mass is 16.6. The minimum Gasteiger partial charge on any atom is -0.462 e. The van der Waals surface area contributed by atoms with Gasteiger partial charge in [0.15, 0.2) is 0 Å². The van der Waals surface area contributed by atoms with Gasteiger partial charge in [-0.2, -0.15) is 0 Å². The molecule has 0 aliphatic carbocycles. The molecule has 0 aromatic heterocycles. The van der Waals surface area contributed by atoms with Gasteiger partial charge in [-0.3, -0.25) is 4.79 Å². The molecule has 0 saturated carbocycles. The van der Waals surface area contributed by atoms with E-state index in [4.69, 9.17) is 15.0 Å². The maximum atomic E-state index is 11.1. The molecule has 0 amide bonds. The zero-order valence-corrected chi connectivity index (χ0v) is 11.4. The molecule has 7 heteroatoms. The van der Waals surface area contributed by atoms with E-state index < -0.39 is 18.2 Å². The van der Waals surface area contributed by atoms with Gasteiger partial charge in [0, 0.05) is 11.3 Å². The van der Waals surface area contributed by atoms with Crippen LogP contribution in [0.2, 0.25) is 0 Å². The summed E-state index contributed by atoms with van der Waals surface area (Å²) in [5.41, 5.74) is 8.64. The van der Waals surface area contributed by atoms with Crippen LogP contribution in [-0.2, 0) is 14.3 Å². The van der Waals surface area contributed by atoms with Crippen LogP contribution in [0.3, 0.4) is 0 Å². The number of nitrogens with zero attached hydrogens (tertiary/aromatic N) is 3. The Bertz CT molecular complexity index is 340. The van der Waals surface area contributed by atoms with Gasteiger partial charge in [-0.25, -0.2) is 0 Å². The minimum atomic E-state index is -0.679. The average Bonchev–Trinajstić information content (AvgIpc) is 2.85. The van der Waals surface area contributed by atoms with E-state index in [0.717, 1.165) is 12.8 Å². The number of carbonyl (C=O) groups is 1. The van der Waals surface area contributed by atoms with Gasteiger partial charge >= 0.3 is 5.97 Å². The van der Waals surface area contributed by atoms with Crippen molar-refractivity contribution < 1.29 is 19.4 Å². The number of ether oxygens (including phenoxy) is 2. The van der Waals surface area contributed by atoms with E-state index in [0.29, 0.717) is 12.8 Å². The lowest BCUT2D eigenvalue weighted by Gasteiger charge is -2.29. The Morgan fingerprint density at radius 3 is 2.68 bits per heavy atom. The molecule has 1 aliphatic rings. The molecule has 0 radical (unpaired) electrons. The standard InChI is InChI=1S/C12H21N3O4/c1-3-8(4-2)18-10(7-16)12(14-15-13)9-5-6-11(17)19-9/h8-10,12,16H,3-7H2,1-2H3/t9-,10-,12-/m1/s1. The molecule has 1 fully saturated rings. The first-order chi connectivity index (χ1) is 9.15. The third-order valence-electron chi connectivity index (χ3n) is 3.32. The molecule has 19 heavy (non-hydrogen) atoms. The minimum absolute atomic E-state index is 0.00866. The molecule has 1 saturated heterocycles. The first-order valence-electron chi connectivity index (χ1n) is 6.66. The van der Waals surface area contributed by atoms with Crippen molar-refractivity contribution in [3.8, 4) is 0 Å². The summed E-state index contributed by atoms with van der Waals surface area (Å²) in [5.74, 6) is -0.303. The van der Waals surface area contributed by atoms with E-state index in [-0.39, 0.29) is 18.7 Å². The van der Waals surface area contributed by atoms with E-state index in [1.807, 2.05) is 13.8 Å². The molecule has 7 nitrogen and oxygen atoms in total. The Labute approximate surface area is 112 Å². The summed E-state index contributed by atoms with van der Waals surface area (Å²) < 4.78 is 10.9. The lowest BCUT2D eigenvalue weighted by molar-refractivity contribution is -0.144. The van der Waals surface area contributed by atoms with Crippen molar-refractivity contribution in [2.24, 2.45) is 5.11 Å². The molecule has 1 aliphatic heterocycles. The number of azide groups is 1. The topological polar surface area (TPSA) is 105 Å². The Kier molecular flexibility index (Phi) is 6.62. The summed E-state index contributed by atoms with van der Waals surface area (Å²) in [6.45, 7) is 3.70. The van der Waals surface area contributed by atoms with Crippen LogP contribution in [0.25, 0.3) is 10.4 Å². The quantitative estimate of drug-likeness (QED) is 0.315. The van der Waals surface area contributed by atoms with E-state index in [2.05, 4.69) is 10.0 Å². The summed E-state index contributed by atoms with van der Waals surface area (Å²) in [6.07, 6.45) is 1.26. The molecule has 0 spiro atoms. The van der Waals surface area contributed by atoms with Gasteiger partial charge in [-0.1, -0.05) is 19.0 Å². The van der Waals surface area contributed by atoms with E-state index in [1.54, 1.807) is 0 Å². The van der Waals surface area contributed by atoms with Gasteiger partial charge in [0.25, 0.3) is 0 Å². The van der Waals surface area contributed by atoms with Crippen LogP contribution in [0.4, 0.5) is 0 Å². The highest BCUT2D eigenvalue weighted by Gasteiger charge is 2.36. The van der Waals surface area contributed by atoms with Crippen LogP contribution in [0.15, 0.2) is 5.11 Å². The van der Waals surface area contributed by atoms with Gasteiger partial charge in [-0.05, 0) is 24.8 Å². The zero-order valence-electron chi connectivity index (χ0n) is 11.4. The van der Waals surface area contributed by atoms with Crippen LogP contribution in [0, 0.1) is 0 Å². The van der Waals surface area contributed by atoms with Crippen LogP contribution >= 0.6 is 0 Å². The van der Waals surface area contributed by atoms with Crippen molar-refractivity contribution in [3.05, 3.63) is 10.4 Å². The van der Waals surface area contributed by atoms with Gasteiger partial charge < -0.3 is 14.6 Å². The zero-order chi connectivity index (χ0) is 14.3. The summed E-state index contributed by atoms with van der Waals surface area (Å²) in [5, 5.41) is 13.1. The Balaban J connectivity index is 2.76. The van der Waals surface area contributed by atoms with Crippen LogP contribution in [0.1, 0.15) is 39.5 Å². The lowest BCUT2D eigenvalue weighted by atomic mass is 10.0. The van der Waals surface area contributed by atoms with Crippen molar-refractivity contribution in [3.63, 3.8) is 0 Å². The molecular formula is C12H21N3O4. The van der Waals surface area contributed by atoms with Crippen LogP contribution in [0.5, 0.6) is 0 Å². The summed E-state index contributed by atoms with van der Waals surface area (Å²) >= 11 is 0. The molecule has 0 aromatic carbocycles. The molecule has 1 N–H and O–H groups in total. The second kappa shape index (κ2) is 7.99. The van der Waals surface area contributed by atoms with Gasteiger partial charge in [0.2, 0.25) is 0 Å². The van der Waals surface area contributed by atoms with Crippen molar-refractivity contribution in [1.82, 2.24) is 0 Å². The van der Waals surface area contributed by atoms with Gasteiger partial charge in [0.1, 0.15) is 12.1 Å². The number of esters is 1. The molecule has 1 heterocycles. The number of hydrogen-bond donors (Lipinski definition) is 1. The van der Waals surface area contributed by atoms with Crippen LogP contribution in [-0.4, -0.2) is 42.0 Å². The highest BCUT2D eigenvalue weighted by Crippen LogP contribution is 2.24. The predicted molar refractivity (Wildman–Crippen MR) is 68.4 cm³/mol. The Hall–Kier alpha value is -1.30. The average molecular weight is 271 g/mol. The molecule has 0 unspecified atom stereocenters. The third kappa shape index (κ3) is 4.38. The number of hydrogen-bond acceptors (Lipinski definition) is 5. The molecular weight excluding hydrogens is 250 g/mol. The largest absolute Gasteiger partial charge is 0.462 e. The van der Waals surface area contributed by atoms with Crippen molar-refractivity contribution >= 4 is 5.97 Å². The summed E-state index contributed by atoms with van der Waals surface area (Å²) in [6, 6.07) is -0.679. The summed E-state index contributed by atoms with van der Waals surface area (Å²) in [4.78, 5) is 13.9. The first-order valence-corrected chi connectivity index (χ1v) is 6.66. The first kappa shape index (κ1) is 15.8. The van der Waals surface area contributed by atoms with Crippen LogP contribution < -0.4 is 0 Å². The number of aliphatic hydroxyl groups is 1. The van der Waals surface area contributed by atoms with E-state index >= 15 is 0 Å². The van der Waals surface area contributed by atoms with Gasteiger partial charge in [0.05, 0.1) is 18.8 Å². The maximum Gasteiger partial charge on any atom is 0.306 e. The molecule has 3 atom stereocenters. The second-order valence-corrected chi connectivity index (χ2v) is 4.56. The molecule has 108 valence electrons. The van der Waals surface area contributed by atoms with Crippen molar-refractivity contribution in [1.29, 1.82) is 0 Å². The molecule has 0 bridgehead atoms. The van der Waals surface area contributed by atoms with E-state index in [9.17, 15) is 9.90 Å². The van der Waals surface area contributed by atoms with E-state index in [1.165, 1.54) is 0 Å². The van der Waals surface area contributed by atoms with Crippen molar-refractivity contribution in [2.75, 3.05) is 6.61 Å². The fraction of sp³-hybridized carbons (Fsp3) is 0.917. The highest BCUT2D eigenvalue weighted by molar-refractivity contribution is 5.71. The SMILES string of the molecule is CCC(CC)O[C@H](CO)[C@H](N=[N+]=[N-])[C@H]1CCC(=O)O1. The second-order valence-electron chi connectivity index (χ2n) is 4.56. The smallest absolute Gasteiger partial charge is 0.306 e.